The average Bonchev–Trinajstić information content (AvgIpc) is 3.62. The van der Waals surface area contributed by atoms with Crippen LogP contribution in [0.4, 0.5) is 0 Å². The average molecular weight is 649 g/mol. The number of H-pyrrole nitrogens is 1. The van der Waals surface area contributed by atoms with Crippen molar-refractivity contribution in [1.29, 1.82) is 0 Å². The van der Waals surface area contributed by atoms with Gasteiger partial charge in [0.15, 0.2) is 0 Å². The number of nitrogens with zero attached hydrogens (tertiary/aromatic N) is 5. The van der Waals surface area contributed by atoms with Crippen LogP contribution in [0.3, 0.4) is 0 Å². The maximum atomic E-state index is 14.0. The van der Waals surface area contributed by atoms with Crippen LogP contribution >= 0.6 is 0 Å². The molecule has 2 aromatic carbocycles. The molecule has 250 valence electrons. The molecule has 4 aromatic rings. The predicted octanol–water partition coefficient (Wildman–Crippen LogP) is 4.91. The van der Waals surface area contributed by atoms with E-state index in [-0.39, 0.29) is 23.6 Å². The van der Waals surface area contributed by atoms with Crippen LogP contribution in [0.25, 0.3) is 33.4 Å². The number of carbonyl (C=O) groups is 3. The van der Waals surface area contributed by atoms with E-state index < -0.39 is 0 Å². The van der Waals surface area contributed by atoms with Crippen LogP contribution in [0.2, 0.25) is 0 Å². The summed E-state index contributed by atoms with van der Waals surface area (Å²) in [4.78, 5) is 55.6. The lowest BCUT2D eigenvalue weighted by atomic mass is 9.93. The molecule has 1 N–H and O–H groups in total. The maximum absolute atomic E-state index is 14.0. The number of rotatable bonds is 6. The van der Waals surface area contributed by atoms with Crippen LogP contribution in [-0.2, 0) is 9.59 Å². The molecular weight excluding hydrogens is 604 g/mol. The van der Waals surface area contributed by atoms with E-state index in [1.165, 1.54) is 0 Å². The molecule has 3 amide bonds. The Kier molecular flexibility index (Phi) is 9.17. The summed E-state index contributed by atoms with van der Waals surface area (Å²) in [5.74, 6) is 1.17. The first kappa shape index (κ1) is 31.9. The fraction of sp³-hybridized carbons (Fsp3) is 0.421. The van der Waals surface area contributed by atoms with Crippen molar-refractivity contribution < 1.29 is 19.1 Å². The number of hydrogen-bond donors (Lipinski definition) is 1. The highest BCUT2D eigenvalue weighted by molar-refractivity contribution is 5.97. The molecule has 0 radical (unpaired) electrons. The predicted molar refractivity (Wildman–Crippen MR) is 186 cm³/mol. The summed E-state index contributed by atoms with van der Waals surface area (Å²) in [5, 5.41) is 1.13. The molecule has 3 fully saturated rings. The number of piperazine rings is 1. The molecule has 3 saturated heterocycles. The van der Waals surface area contributed by atoms with Crippen molar-refractivity contribution in [3.63, 3.8) is 0 Å². The summed E-state index contributed by atoms with van der Waals surface area (Å²) in [7, 11) is 1.65. The van der Waals surface area contributed by atoms with Gasteiger partial charge < -0.3 is 24.4 Å². The molecule has 48 heavy (non-hydrogen) atoms. The zero-order chi connectivity index (χ0) is 33.2. The summed E-state index contributed by atoms with van der Waals surface area (Å²) in [6.07, 6.45) is 5.36. The lowest BCUT2D eigenvalue weighted by molar-refractivity contribution is -0.141. The Bertz CT molecular complexity index is 1780. The Morgan fingerprint density at radius 3 is 2.04 bits per heavy atom. The molecule has 0 atom stereocenters. The van der Waals surface area contributed by atoms with Gasteiger partial charge in [-0.15, -0.1) is 0 Å². The van der Waals surface area contributed by atoms with Crippen molar-refractivity contribution in [3.05, 3.63) is 72.4 Å². The number of pyridine rings is 1. The summed E-state index contributed by atoms with van der Waals surface area (Å²) in [5.41, 5.74) is 5.03. The van der Waals surface area contributed by atoms with E-state index in [2.05, 4.69) is 28.1 Å². The summed E-state index contributed by atoms with van der Waals surface area (Å²) < 4.78 is 5.36. The molecule has 0 spiro atoms. The number of benzene rings is 2. The Morgan fingerprint density at radius 1 is 0.729 bits per heavy atom. The number of amides is 3. The summed E-state index contributed by atoms with van der Waals surface area (Å²) in [6, 6.07) is 20.3. The number of aromatic amines is 1. The van der Waals surface area contributed by atoms with Crippen LogP contribution in [0.1, 0.15) is 43.0 Å². The first-order valence-electron chi connectivity index (χ1n) is 17.2. The lowest BCUT2D eigenvalue weighted by Gasteiger charge is -2.43. The quantitative estimate of drug-likeness (QED) is 0.319. The summed E-state index contributed by atoms with van der Waals surface area (Å²) >= 11 is 0. The molecule has 10 nitrogen and oxygen atoms in total. The van der Waals surface area contributed by atoms with Crippen LogP contribution in [0.5, 0.6) is 5.75 Å². The minimum absolute atomic E-state index is 0.0187. The maximum Gasteiger partial charge on any atom is 0.254 e. The fourth-order valence-corrected chi connectivity index (χ4v) is 7.54. The molecule has 3 aliphatic rings. The smallest absolute Gasteiger partial charge is 0.254 e. The van der Waals surface area contributed by atoms with Crippen molar-refractivity contribution in [1.82, 2.24) is 29.6 Å². The third kappa shape index (κ3) is 6.67. The number of fused-ring (bicyclic) bond motifs is 1. The molecule has 0 saturated carbocycles. The second-order valence-corrected chi connectivity index (χ2v) is 13.3. The van der Waals surface area contributed by atoms with Gasteiger partial charge in [0.05, 0.1) is 18.5 Å². The monoisotopic (exact) mass is 648 g/mol. The molecular formula is C38H44N6O4. The van der Waals surface area contributed by atoms with E-state index in [0.717, 1.165) is 91.0 Å². The van der Waals surface area contributed by atoms with Crippen LogP contribution in [0.15, 0.2) is 66.9 Å². The molecule has 2 aromatic heterocycles. The van der Waals surface area contributed by atoms with E-state index in [1.54, 1.807) is 14.0 Å². The zero-order valence-corrected chi connectivity index (χ0v) is 27.9. The minimum atomic E-state index is 0.0187. The van der Waals surface area contributed by atoms with E-state index in [4.69, 9.17) is 9.72 Å². The van der Waals surface area contributed by atoms with Gasteiger partial charge in [-0.1, -0.05) is 12.1 Å². The van der Waals surface area contributed by atoms with E-state index in [0.29, 0.717) is 37.8 Å². The van der Waals surface area contributed by atoms with Gasteiger partial charge in [0.2, 0.25) is 11.8 Å². The van der Waals surface area contributed by atoms with Crippen LogP contribution < -0.4 is 4.74 Å². The van der Waals surface area contributed by atoms with E-state index in [9.17, 15) is 14.4 Å². The Labute approximate surface area is 281 Å². The third-order valence-electron chi connectivity index (χ3n) is 10.5. The van der Waals surface area contributed by atoms with Gasteiger partial charge in [-0.25, -0.2) is 4.98 Å². The van der Waals surface area contributed by atoms with Gasteiger partial charge in [0.1, 0.15) is 5.75 Å². The Hall–Kier alpha value is -4.70. The summed E-state index contributed by atoms with van der Waals surface area (Å²) in [6.45, 7) is 7.48. The van der Waals surface area contributed by atoms with Crippen LogP contribution in [-0.4, -0.2) is 113 Å². The minimum Gasteiger partial charge on any atom is -0.497 e. The number of ether oxygens (including phenoxy) is 1. The van der Waals surface area contributed by atoms with Gasteiger partial charge in [-0.2, -0.15) is 0 Å². The van der Waals surface area contributed by atoms with Gasteiger partial charge >= 0.3 is 0 Å². The number of nitrogens with one attached hydrogen (secondary N) is 1. The number of piperidine rings is 2. The molecule has 10 heteroatoms. The van der Waals surface area contributed by atoms with Gasteiger partial charge in [0, 0.05) is 99.6 Å². The van der Waals surface area contributed by atoms with Crippen molar-refractivity contribution in [3.8, 4) is 28.3 Å². The van der Waals surface area contributed by atoms with E-state index >= 15 is 0 Å². The highest BCUT2D eigenvalue weighted by Crippen LogP contribution is 2.30. The number of methoxy groups -OCH3 is 1. The molecule has 3 aliphatic heterocycles. The molecule has 0 bridgehead atoms. The Balaban J connectivity index is 1.00. The zero-order valence-electron chi connectivity index (χ0n) is 27.9. The van der Waals surface area contributed by atoms with Crippen molar-refractivity contribution in [2.75, 3.05) is 59.5 Å². The second kappa shape index (κ2) is 13.8. The van der Waals surface area contributed by atoms with Crippen molar-refractivity contribution in [2.24, 2.45) is 5.92 Å². The second-order valence-electron chi connectivity index (χ2n) is 13.3. The number of aromatic nitrogens is 2. The number of likely N-dealkylation sites (tertiary alicyclic amines) is 2. The van der Waals surface area contributed by atoms with Crippen molar-refractivity contribution >= 4 is 28.6 Å². The van der Waals surface area contributed by atoms with Gasteiger partial charge in [-0.05, 0) is 79.6 Å². The fourth-order valence-electron chi connectivity index (χ4n) is 7.54. The highest BCUT2D eigenvalue weighted by Gasteiger charge is 2.34. The third-order valence-corrected chi connectivity index (χ3v) is 10.5. The van der Waals surface area contributed by atoms with Crippen molar-refractivity contribution in [2.45, 2.75) is 38.6 Å². The largest absolute Gasteiger partial charge is 0.497 e. The molecule has 0 aliphatic carbocycles. The molecule has 7 rings (SSSR count). The number of carbonyl (C=O) groups excluding carboxylic acids is 3. The highest BCUT2D eigenvalue weighted by atomic mass is 16.5. The van der Waals surface area contributed by atoms with Gasteiger partial charge in [-0.3, -0.25) is 19.3 Å². The van der Waals surface area contributed by atoms with Gasteiger partial charge in [0.25, 0.3) is 5.91 Å². The molecule has 0 unspecified atom stereocenters. The topological polar surface area (TPSA) is 102 Å². The normalized spacial score (nSPS) is 18.3. The Morgan fingerprint density at radius 2 is 1.38 bits per heavy atom. The SMILES string of the molecule is COc1ccc(-c2cc(C(=O)N3CCN(C4CCN(C(=O)C5CCN(C(C)=O)CC5)CC4)CC3)cc(-c3ccc4cc[nH]c4c3)n2)cc1. The van der Waals surface area contributed by atoms with Crippen LogP contribution in [0, 0.1) is 5.92 Å². The first-order valence-corrected chi connectivity index (χ1v) is 17.2. The number of hydrogen-bond acceptors (Lipinski definition) is 6. The lowest BCUT2D eigenvalue weighted by Crippen LogP contribution is -2.55. The first-order chi connectivity index (χ1) is 23.4. The molecule has 5 heterocycles. The standard InChI is InChI=1S/C38H44N6O4/c1-26(45)41-15-10-29(11-16-41)37(46)43-17-12-32(13-18-43)42-19-21-44(22-20-42)38(47)31-24-35(27-5-7-33(48-2)8-6-27)40-36(25-31)30-4-3-28-9-14-39-34(28)23-30/h3-9,14,23-25,29,32,39H,10-13,15-22H2,1-2H3. The van der Waals surface area contributed by atoms with E-state index in [1.807, 2.05) is 63.4 Å².